The van der Waals surface area contributed by atoms with Crippen molar-refractivity contribution >= 4 is 49.8 Å². The van der Waals surface area contributed by atoms with E-state index >= 15 is 0 Å². The van der Waals surface area contributed by atoms with Crippen LogP contribution in [0, 0.1) is 6.92 Å². The van der Waals surface area contributed by atoms with E-state index in [0.717, 1.165) is 89.2 Å². The highest BCUT2D eigenvalue weighted by Gasteiger charge is 2.20. The van der Waals surface area contributed by atoms with Crippen molar-refractivity contribution in [3.63, 3.8) is 0 Å². The average Bonchev–Trinajstić information content (AvgIpc) is 3.62. The number of furan rings is 1. The Morgan fingerprint density at radius 2 is 0.945 bits per heavy atom. The Bertz CT molecular complexity index is 2920. The lowest BCUT2D eigenvalue weighted by atomic mass is 9.94. The number of aromatic nitrogens is 2. The molecule has 0 aliphatic rings. The van der Waals surface area contributed by atoms with Crippen LogP contribution in [0.25, 0.3) is 77.7 Å². The normalized spacial score (nSPS) is 11.4. The summed E-state index contributed by atoms with van der Waals surface area (Å²) in [4.78, 5) is 12.5. The van der Waals surface area contributed by atoms with Crippen molar-refractivity contribution in [3.8, 4) is 45.0 Å². The Hall–Kier alpha value is -7.30. The van der Waals surface area contributed by atoms with Gasteiger partial charge in [-0.3, -0.25) is 0 Å². The molecule has 0 atom stereocenters. The zero-order chi connectivity index (χ0) is 36.7. The number of hydrogen-bond donors (Lipinski definition) is 0. The lowest BCUT2D eigenvalue weighted by Gasteiger charge is -2.25. The molecule has 4 heteroatoms. The minimum absolute atomic E-state index is 0.694. The largest absolute Gasteiger partial charge is 0.455 e. The number of hydrogen-bond acceptors (Lipinski definition) is 4. The molecule has 0 unspecified atom stereocenters. The maximum Gasteiger partial charge on any atom is 0.160 e. The maximum absolute atomic E-state index is 6.94. The molecule has 260 valence electrons. The van der Waals surface area contributed by atoms with E-state index in [2.05, 4.69) is 182 Å². The zero-order valence-electron chi connectivity index (χ0n) is 30.2. The zero-order valence-corrected chi connectivity index (χ0v) is 30.2. The molecule has 0 bridgehead atoms. The maximum atomic E-state index is 6.94. The molecule has 2 heterocycles. The van der Waals surface area contributed by atoms with Gasteiger partial charge in [0.15, 0.2) is 5.82 Å². The first kappa shape index (κ1) is 32.4. The molecule has 0 amide bonds. The molecule has 55 heavy (non-hydrogen) atoms. The predicted molar refractivity (Wildman–Crippen MR) is 228 cm³/mol. The van der Waals surface area contributed by atoms with Gasteiger partial charge in [-0.25, -0.2) is 9.97 Å². The van der Waals surface area contributed by atoms with E-state index in [1.165, 1.54) is 5.39 Å². The van der Waals surface area contributed by atoms with Gasteiger partial charge in [0.25, 0.3) is 0 Å². The lowest BCUT2D eigenvalue weighted by molar-refractivity contribution is 0.670. The summed E-state index contributed by atoms with van der Waals surface area (Å²) in [5.74, 6) is 0.694. The Morgan fingerprint density at radius 3 is 1.60 bits per heavy atom. The minimum Gasteiger partial charge on any atom is -0.455 e. The molecule has 0 aliphatic heterocycles. The van der Waals surface area contributed by atoms with Crippen molar-refractivity contribution in [2.45, 2.75) is 6.92 Å². The Balaban J connectivity index is 1.13. The quantitative estimate of drug-likeness (QED) is 0.166. The van der Waals surface area contributed by atoms with Gasteiger partial charge in [0.05, 0.1) is 11.4 Å². The number of anilines is 3. The van der Waals surface area contributed by atoms with Crippen LogP contribution in [0.3, 0.4) is 0 Å². The molecule has 0 saturated carbocycles. The Kier molecular flexibility index (Phi) is 8.00. The highest BCUT2D eigenvalue weighted by molar-refractivity contribution is 6.18. The molecule has 0 aliphatic carbocycles. The molecule has 0 fully saturated rings. The Morgan fingerprint density at radius 1 is 0.418 bits per heavy atom. The minimum atomic E-state index is 0.694. The SMILES string of the molecule is Cc1c(-c2ccccc2)nc(-c2ccccc2)nc1-c1ccc2c(c1)oc1c(-c3ccc(N(c4ccccc4)c4ccccc4)cc3)c3ccccc3cc12. The van der Waals surface area contributed by atoms with Gasteiger partial charge in [-0.05, 0) is 77.9 Å². The van der Waals surface area contributed by atoms with Crippen LogP contribution in [0.2, 0.25) is 0 Å². The fraction of sp³-hybridized carbons (Fsp3) is 0.0196. The van der Waals surface area contributed by atoms with Crippen LogP contribution < -0.4 is 4.90 Å². The Labute approximate surface area is 319 Å². The monoisotopic (exact) mass is 705 g/mol. The molecular weight excluding hydrogens is 671 g/mol. The van der Waals surface area contributed by atoms with Crippen molar-refractivity contribution in [3.05, 3.63) is 200 Å². The van der Waals surface area contributed by atoms with Gasteiger partial charge in [0.1, 0.15) is 11.2 Å². The summed E-state index contributed by atoms with van der Waals surface area (Å²) in [5, 5.41) is 4.48. The average molecular weight is 706 g/mol. The predicted octanol–water partition coefficient (Wildman–Crippen LogP) is 14.0. The van der Waals surface area contributed by atoms with E-state index < -0.39 is 0 Å². The van der Waals surface area contributed by atoms with Crippen LogP contribution in [-0.2, 0) is 0 Å². The summed E-state index contributed by atoms with van der Waals surface area (Å²) < 4.78 is 6.94. The first-order valence-electron chi connectivity index (χ1n) is 18.6. The highest BCUT2D eigenvalue weighted by Crippen LogP contribution is 2.44. The molecule has 8 aromatic carbocycles. The van der Waals surface area contributed by atoms with Crippen LogP contribution in [-0.4, -0.2) is 9.97 Å². The number of fused-ring (bicyclic) bond motifs is 4. The highest BCUT2D eigenvalue weighted by atomic mass is 16.3. The van der Waals surface area contributed by atoms with E-state index in [9.17, 15) is 0 Å². The summed E-state index contributed by atoms with van der Waals surface area (Å²) in [6.07, 6.45) is 0. The first-order valence-corrected chi connectivity index (χ1v) is 18.6. The van der Waals surface area contributed by atoms with Crippen LogP contribution in [0.1, 0.15) is 5.56 Å². The second-order valence-corrected chi connectivity index (χ2v) is 13.8. The lowest BCUT2D eigenvalue weighted by Crippen LogP contribution is -2.09. The molecule has 10 rings (SSSR count). The van der Waals surface area contributed by atoms with E-state index in [0.29, 0.717) is 5.82 Å². The van der Waals surface area contributed by atoms with Crippen molar-refractivity contribution in [1.29, 1.82) is 0 Å². The number of para-hydroxylation sites is 2. The van der Waals surface area contributed by atoms with E-state index in [-0.39, 0.29) is 0 Å². The van der Waals surface area contributed by atoms with Gasteiger partial charge in [-0.1, -0.05) is 140 Å². The second-order valence-electron chi connectivity index (χ2n) is 13.8. The smallest absolute Gasteiger partial charge is 0.160 e. The van der Waals surface area contributed by atoms with Gasteiger partial charge in [0.2, 0.25) is 0 Å². The summed E-state index contributed by atoms with van der Waals surface area (Å²) in [7, 11) is 0. The van der Waals surface area contributed by atoms with Crippen molar-refractivity contribution in [2.75, 3.05) is 4.90 Å². The van der Waals surface area contributed by atoms with Crippen molar-refractivity contribution < 1.29 is 4.42 Å². The molecule has 4 nitrogen and oxygen atoms in total. The molecule has 0 N–H and O–H groups in total. The van der Waals surface area contributed by atoms with Crippen LogP contribution in [0.4, 0.5) is 17.1 Å². The standard InChI is InChI=1S/C51H35N3O/c1-34-48(36-16-6-2-7-17-36)52-51(37-18-8-3-9-19-37)53-49(34)39-28-31-44-45-32-38-20-14-15-25-43(38)47(50(45)55-46(44)33-39)35-26-29-42(30-27-35)54(40-21-10-4-11-22-40)41-23-12-5-13-24-41/h2-33H,1H3. The van der Waals surface area contributed by atoms with Gasteiger partial charge in [0, 0.05) is 55.7 Å². The fourth-order valence-corrected chi connectivity index (χ4v) is 7.78. The topological polar surface area (TPSA) is 42.2 Å². The van der Waals surface area contributed by atoms with Crippen molar-refractivity contribution in [1.82, 2.24) is 9.97 Å². The summed E-state index contributed by atoms with van der Waals surface area (Å²) in [6, 6.07) is 67.7. The molecule has 2 aromatic heterocycles. The molecule has 0 radical (unpaired) electrons. The summed E-state index contributed by atoms with van der Waals surface area (Å²) in [5.41, 5.74) is 13.0. The number of benzene rings is 8. The number of rotatable bonds is 7. The van der Waals surface area contributed by atoms with E-state index in [4.69, 9.17) is 14.4 Å². The van der Waals surface area contributed by atoms with E-state index in [1.54, 1.807) is 0 Å². The molecule has 0 spiro atoms. The van der Waals surface area contributed by atoms with Crippen LogP contribution >= 0.6 is 0 Å². The first-order chi connectivity index (χ1) is 27.2. The summed E-state index contributed by atoms with van der Waals surface area (Å²) in [6.45, 7) is 2.11. The van der Waals surface area contributed by atoms with Crippen molar-refractivity contribution in [2.24, 2.45) is 0 Å². The molecule has 10 aromatic rings. The van der Waals surface area contributed by atoms with Crippen LogP contribution in [0.15, 0.2) is 199 Å². The summed E-state index contributed by atoms with van der Waals surface area (Å²) >= 11 is 0. The van der Waals surface area contributed by atoms with Crippen LogP contribution in [0.5, 0.6) is 0 Å². The number of nitrogens with zero attached hydrogens (tertiary/aromatic N) is 3. The third-order valence-electron chi connectivity index (χ3n) is 10.4. The van der Waals surface area contributed by atoms with Gasteiger partial charge < -0.3 is 9.32 Å². The van der Waals surface area contributed by atoms with Gasteiger partial charge >= 0.3 is 0 Å². The van der Waals surface area contributed by atoms with E-state index in [1.807, 2.05) is 24.3 Å². The van der Waals surface area contributed by atoms with Gasteiger partial charge in [-0.2, -0.15) is 0 Å². The second kappa shape index (κ2) is 13.6. The third-order valence-corrected chi connectivity index (χ3v) is 10.4. The van der Waals surface area contributed by atoms with Gasteiger partial charge in [-0.15, -0.1) is 0 Å². The molecule has 0 saturated heterocycles. The third kappa shape index (κ3) is 5.81. The fourth-order valence-electron chi connectivity index (χ4n) is 7.78. The molecular formula is C51H35N3O.